The lowest BCUT2D eigenvalue weighted by atomic mass is 10.1. The number of rotatable bonds is 4. The summed E-state index contributed by atoms with van der Waals surface area (Å²) in [4.78, 5) is 14.4. The largest absolute Gasteiger partial charge is 0.363 e. The van der Waals surface area contributed by atoms with E-state index in [9.17, 15) is 0 Å². The Balaban J connectivity index is 2.24. The fourth-order valence-electron chi connectivity index (χ4n) is 1.73. The third kappa shape index (κ3) is 2.75. The van der Waals surface area contributed by atoms with Gasteiger partial charge in [0.25, 0.3) is 0 Å². The fraction of sp³-hybridized carbons (Fsp3) is 0.538. The molecule has 0 fully saturated rings. The lowest BCUT2D eigenvalue weighted by Crippen LogP contribution is -2.10. The molecule has 92 valence electrons. The zero-order chi connectivity index (χ0) is 12.4. The molecule has 0 aliphatic rings. The van der Waals surface area contributed by atoms with Crippen molar-refractivity contribution in [1.82, 2.24) is 15.0 Å². The van der Waals surface area contributed by atoms with Crippen molar-refractivity contribution >= 4 is 17.0 Å². The Bertz CT molecular complexity index is 499. The van der Waals surface area contributed by atoms with Gasteiger partial charge in [0.2, 0.25) is 0 Å². The average Bonchev–Trinajstić information content (AvgIpc) is 2.67. The van der Waals surface area contributed by atoms with Gasteiger partial charge < -0.3 is 9.88 Å². The first-order valence-electron chi connectivity index (χ1n) is 6.09. The van der Waals surface area contributed by atoms with Gasteiger partial charge in [-0.2, -0.15) is 0 Å². The van der Waals surface area contributed by atoms with E-state index in [4.69, 9.17) is 0 Å². The molecular formula is C13H20N4. The number of hydrogen-bond donors (Lipinski definition) is 1. The minimum absolute atomic E-state index is 0.702. The van der Waals surface area contributed by atoms with Crippen LogP contribution in [0.4, 0.5) is 5.82 Å². The maximum Gasteiger partial charge on any atom is 0.179 e. The highest BCUT2D eigenvalue weighted by Crippen LogP contribution is 2.16. The highest BCUT2D eigenvalue weighted by Gasteiger charge is 2.06. The second-order valence-electron chi connectivity index (χ2n) is 5.05. The van der Waals surface area contributed by atoms with Gasteiger partial charge in [-0.15, -0.1) is 0 Å². The molecule has 0 bridgehead atoms. The quantitative estimate of drug-likeness (QED) is 0.881. The number of fused-ring (bicyclic) bond motifs is 1. The minimum atomic E-state index is 0.702. The molecule has 2 aromatic heterocycles. The van der Waals surface area contributed by atoms with E-state index >= 15 is 0 Å². The first-order chi connectivity index (χ1) is 8.06. The topological polar surface area (TPSA) is 44.8 Å². The molecule has 0 spiro atoms. The van der Waals surface area contributed by atoms with Crippen molar-refractivity contribution in [3.8, 4) is 0 Å². The van der Waals surface area contributed by atoms with Crippen LogP contribution in [0.15, 0.2) is 12.1 Å². The number of aryl methyl sites for hydroxylation is 1. The Hall–Kier alpha value is -1.58. The van der Waals surface area contributed by atoms with Crippen LogP contribution in [-0.2, 0) is 6.42 Å². The summed E-state index contributed by atoms with van der Waals surface area (Å²) in [6.07, 6.45) is 2.14. The number of pyridine rings is 1. The monoisotopic (exact) mass is 232 g/mol. The van der Waals surface area contributed by atoms with E-state index in [1.165, 1.54) is 0 Å². The summed E-state index contributed by atoms with van der Waals surface area (Å²) in [7, 11) is 3.97. The second-order valence-corrected chi connectivity index (χ2v) is 5.05. The van der Waals surface area contributed by atoms with Gasteiger partial charge in [-0.25, -0.2) is 9.97 Å². The van der Waals surface area contributed by atoms with Crippen LogP contribution in [0.2, 0.25) is 0 Å². The first-order valence-corrected chi connectivity index (χ1v) is 6.09. The standard InChI is InChI=1S/C13H20N4/c1-9(2)5-7-11-14-10-6-8-12(17(3)4)16-13(10)15-11/h6,8-9H,5,7H2,1-4H3,(H,14,15,16). The lowest BCUT2D eigenvalue weighted by Gasteiger charge is -2.09. The number of anilines is 1. The van der Waals surface area contributed by atoms with Crippen molar-refractivity contribution in [2.24, 2.45) is 5.92 Å². The van der Waals surface area contributed by atoms with Crippen LogP contribution in [0.3, 0.4) is 0 Å². The van der Waals surface area contributed by atoms with Gasteiger partial charge in [0.15, 0.2) is 5.65 Å². The number of nitrogens with zero attached hydrogens (tertiary/aromatic N) is 3. The number of aromatic nitrogens is 3. The molecule has 0 saturated carbocycles. The number of imidazole rings is 1. The molecule has 0 saturated heterocycles. The van der Waals surface area contributed by atoms with E-state index in [2.05, 4.69) is 28.8 Å². The molecule has 0 aliphatic heterocycles. The summed E-state index contributed by atoms with van der Waals surface area (Å²) in [5.74, 6) is 2.69. The summed E-state index contributed by atoms with van der Waals surface area (Å²) in [5, 5.41) is 0. The van der Waals surface area contributed by atoms with Crippen LogP contribution in [0.1, 0.15) is 26.1 Å². The van der Waals surface area contributed by atoms with Crippen molar-refractivity contribution < 1.29 is 0 Å². The van der Waals surface area contributed by atoms with Crippen LogP contribution in [0, 0.1) is 5.92 Å². The molecule has 0 aliphatic carbocycles. The first kappa shape index (κ1) is 11.9. The highest BCUT2D eigenvalue weighted by atomic mass is 15.1. The molecule has 4 nitrogen and oxygen atoms in total. The maximum atomic E-state index is 4.53. The number of H-pyrrole nitrogens is 1. The molecule has 0 aromatic carbocycles. The van der Waals surface area contributed by atoms with Gasteiger partial charge in [-0.3, -0.25) is 0 Å². The molecule has 17 heavy (non-hydrogen) atoms. The Morgan fingerprint density at radius 3 is 2.65 bits per heavy atom. The van der Waals surface area contributed by atoms with Crippen molar-refractivity contribution in [3.05, 3.63) is 18.0 Å². The van der Waals surface area contributed by atoms with E-state index in [0.717, 1.165) is 35.6 Å². The van der Waals surface area contributed by atoms with Crippen molar-refractivity contribution in [1.29, 1.82) is 0 Å². The molecular weight excluding hydrogens is 212 g/mol. The number of nitrogens with one attached hydrogen (secondary N) is 1. The normalized spacial score (nSPS) is 11.4. The Kier molecular flexibility index (Phi) is 3.31. The van der Waals surface area contributed by atoms with Gasteiger partial charge in [-0.1, -0.05) is 13.8 Å². The second kappa shape index (κ2) is 4.73. The fourth-order valence-corrected chi connectivity index (χ4v) is 1.73. The summed E-state index contributed by atoms with van der Waals surface area (Å²) >= 11 is 0. The number of hydrogen-bond acceptors (Lipinski definition) is 3. The third-order valence-electron chi connectivity index (χ3n) is 2.80. The van der Waals surface area contributed by atoms with Crippen molar-refractivity contribution in [3.63, 3.8) is 0 Å². The smallest absolute Gasteiger partial charge is 0.179 e. The van der Waals surface area contributed by atoms with E-state index < -0.39 is 0 Å². The summed E-state index contributed by atoms with van der Waals surface area (Å²) in [6.45, 7) is 4.45. The van der Waals surface area contributed by atoms with Gasteiger partial charge in [0, 0.05) is 20.5 Å². The Labute approximate surface area is 102 Å². The summed E-state index contributed by atoms with van der Waals surface area (Å²) in [6, 6.07) is 4.05. The van der Waals surface area contributed by atoms with E-state index in [1.807, 2.05) is 31.1 Å². The highest BCUT2D eigenvalue weighted by molar-refractivity contribution is 5.73. The SMILES string of the molecule is CC(C)CCc1nc2nc(N(C)C)ccc2[nH]1. The van der Waals surface area contributed by atoms with Crippen LogP contribution >= 0.6 is 0 Å². The lowest BCUT2D eigenvalue weighted by molar-refractivity contribution is 0.577. The number of aromatic amines is 1. The summed E-state index contributed by atoms with van der Waals surface area (Å²) in [5.41, 5.74) is 1.84. The zero-order valence-electron chi connectivity index (χ0n) is 11.0. The van der Waals surface area contributed by atoms with Crippen LogP contribution in [-0.4, -0.2) is 29.0 Å². The Morgan fingerprint density at radius 2 is 2.00 bits per heavy atom. The molecule has 2 heterocycles. The molecule has 2 aromatic rings. The molecule has 0 atom stereocenters. The minimum Gasteiger partial charge on any atom is -0.363 e. The average molecular weight is 232 g/mol. The molecule has 1 N–H and O–H groups in total. The van der Waals surface area contributed by atoms with E-state index in [-0.39, 0.29) is 0 Å². The van der Waals surface area contributed by atoms with Gasteiger partial charge in [0.1, 0.15) is 11.6 Å². The predicted molar refractivity (Wildman–Crippen MR) is 71.4 cm³/mol. The van der Waals surface area contributed by atoms with Crippen molar-refractivity contribution in [2.45, 2.75) is 26.7 Å². The Morgan fingerprint density at radius 1 is 1.24 bits per heavy atom. The van der Waals surface area contributed by atoms with Gasteiger partial charge in [0.05, 0.1) is 5.52 Å². The zero-order valence-corrected chi connectivity index (χ0v) is 11.0. The molecule has 2 rings (SSSR count). The molecule has 0 amide bonds. The molecule has 4 heteroatoms. The van der Waals surface area contributed by atoms with Crippen molar-refractivity contribution in [2.75, 3.05) is 19.0 Å². The van der Waals surface area contributed by atoms with Gasteiger partial charge in [-0.05, 0) is 24.5 Å². The predicted octanol–water partition coefficient (Wildman–Crippen LogP) is 2.61. The molecule has 0 unspecified atom stereocenters. The van der Waals surface area contributed by atoms with Crippen LogP contribution in [0.25, 0.3) is 11.2 Å². The van der Waals surface area contributed by atoms with Gasteiger partial charge >= 0.3 is 0 Å². The van der Waals surface area contributed by atoms with E-state index in [1.54, 1.807) is 0 Å². The third-order valence-corrected chi connectivity index (χ3v) is 2.80. The van der Waals surface area contributed by atoms with Crippen LogP contribution in [0.5, 0.6) is 0 Å². The summed E-state index contributed by atoms with van der Waals surface area (Å²) < 4.78 is 0. The molecule has 0 radical (unpaired) electrons. The van der Waals surface area contributed by atoms with E-state index in [0.29, 0.717) is 5.92 Å². The van der Waals surface area contributed by atoms with Crippen LogP contribution < -0.4 is 4.90 Å². The maximum absolute atomic E-state index is 4.53.